The molecule has 0 bridgehead atoms. The highest BCUT2D eigenvalue weighted by Gasteiger charge is 2.31. The van der Waals surface area contributed by atoms with Gasteiger partial charge in [0.05, 0.1) is 11.9 Å². The highest BCUT2D eigenvalue weighted by Crippen LogP contribution is 2.28. The number of carbonyl (C=O) groups excluding carboxylic acids is 1. The molecule has 0 saturated carbocycles. The minimum absolute atomic E-state index is 0.364. The van der Waals surface area contributed by atoms with Gasteiger partial charge in [-0.2, -0.15) is 0 Å². The third-order valence-electron chi connectivity index (χ3n) is 3.00. The summed E-state index contributed by atoms with van der Waals surface area (Å²) >= 11 is 5.98. The van der Waals surface area contributed by atoms with Crippen molar-refractivity contribution in [2.24, 2.45) is 0 Å². The first-order chi connectivity index (χ1) is 9.83. The fraction of sp³-hybridized carbons (Fsp3) is 0.533. The molecule has 0 spiro atoms. The maximum Gasteiger partial charge on any atom is 0.244 e. The largest absolute Gasteiger partial charge is 0.350 e. The summed E-state index contributed by atoms with van der Waals surface area (Å²) < 4.78 is 25.5. The van der Waals surface area contributed by atoms with Crippen molar-refractivity contribution in [3.05, 3.63) is 28.8 Å². The van der Waals surface area contributed by atoms with Crippen LogP contribution in [0.3, 0.4) is 0 Å². The first-order valence-corrected chi connectivity index (χ1v) is 9.13. The number of nitrogens with one attached hydrogen (secondary N) is 1. The highest BCUT2D eigenvalue weighted by atomic mass is 35.5. The number of nitrogens with zero attached hydrogens (tertiary/aromatic N) is 1. The Morgan fingerprint density at radius 2 is 1.86 bits per heavy atom. The number of rotatable bonds is 4. The van der Waals surface area contributed by atoms with Crippen molar-refractivity contribution in [2.75, 3.05) is 10.6 Å². The van der Waals surface area contributed by atoms with Gasteiger partial charge in [0.25, 0.3) is 0 Å². The lowest BCUT2D eigenvalue weighted by atomic mass is 10.1. The Morgan fingerprint density at radius 3 is 2.32 bits per heavy atom. The topological polar surface area (TPSA) is 66.5 Å². The lowest BCUT2D eigenvalue weighted by Gasteiger charge is -2.32. The number of halogens is 1. The summed E-state index contributed by atoms with van der Waals surface area (Å²) in [4.78, 5) is 12.4. The highest BCUT2D eigenvalue weighted by molar-refractivity contribution is 7.92. The standard InChI is InChI=1S/C15H23ClN2O3S/c1-10-7-8-12(16)9-13(10)18(22(6,20)21)11(2)14(19)17-15(3,4)5/h7-9,11H,1-6H3,(H,17,19). The zero-order chi connectivity index (χ0) is 17.3. The Kier molecular flexibility index (Phi) is 5.51. The molecule has 1 amide bonds. The van der Waals surface area contributed by atoms with Gasteiger partial charge in [0.1, 0.15) is 6.04 Å². The third-order valence-corrected chi connectivity index (χ3v) is 4.46. The number of anilines is 1. The van der Waals surface area contributed by atoms with Crippen molar-refractivity contribution in [2.45, 2.75) is 46.2 Å². The number of hydrogen-bond acceptors (Lipinski definition) is 3. The summed E-state index contributed by atoms with van der Waals surface area (Å²) in [7, 11) is -3.64. The average molecular weight is 347 g/mol. The normalized spacial score (nSPS) is 13.6. The van der Waals surface area contributed by atoms with Crippen LogP contribution in [-0.2, 0) is 14.8 Å². The van der Waals surface area contributed by atoms with Crippen LogP contribution in [0.25, 0.3) is 0 Å². The molecule has 1 rings (SSSR count). The fourth-order valence-electron chi connectivity index (χ4n) is 2.08. The quantitative estimate of drug-likeness (QED) is 0.911. The van der Waals surface area contributed by atoms with Gasteiger partial charge in [0.15, 0.2) is 0 Å². The van der Waals surface area contributed by atoms with Crippen LogP contribution in [0.4, 0.5) is 5.69 Å². The first-order valence-electron chi connectivity index (χ1n) is 6.90. The second-order valence-electron chi connectivity index (χ2n) is 6.40. The lowest BCUT2D eigenvalue weighted by Crippen LogP contribution is -2.52. The second-order valence-corrected chi connectivity index (χ2v) is 8.70. The maximum atomic E-state index is 12.4. The van der Waals surface area contributed by atoms with Crippen LogP contribution in [0.1, 0.15) is 33.3 Å². The SMILES string of the molecule is Cc1ccc(Cl)cc1N(C(C)C(=O)NC(C)(C)C)S(C)(=O)=O. The Labute approximate surface area is 137 Å². The van der Waals surface area contributed by atoms with Gasteiger partial charge >= 0.3 is 0 Å². The van der Waals surface area contributed by atoms with Crippen LogP contribution in [0.15, 0.2) is 18.2 Å². The molecule has 7 heteroatoms. The minimum atomic E-state index is -3.64. The van der Waals surface area contributed by atoms with Gasteiger partial charge < -0.3 is 5.32 Å². The molecule has 22 heavy (non-hydrogen) atoms. The molecule has 1 unspecified atom stereocenters. The average Bonchev–Trinajstić information content (AvgIpc) is 2.29. The van der Waals surface area contributed by atoms with Crippen LogP contribution in [-0.4, -0.2) is 32.2 Å². The molecule has 1 atom stereocenters. The van der Waals surface area contributed by atoms with Gasteiger partial charge in [0, 0.05) is 10.6 Å². The van der Waals surface area contributed by atoms with Gasteiger partial charge in [-0.25, -0.2) is 8.42 Å². The summed E-state index contributed by atoms with van der Waals surface area (Å²) in [6.45, 7) is 8.85. The molecule has 0 aliphatic heterocycles. The monoisotopic (exact) mass is 346 g/mol. The van der Waals surface area contributed by atoms with Crippen LogP contribution >= 0.6 is 11.6 Å². The van der Waals surface area contributed by atoms with E-state index in [4.69, 9.17) is 11.6 Å². The molecular formula is C15H23ClN2O3S. The zero-order valence-electron chi connectivity index (χ0n) is 13.8. The molecular weight excluding hydrogens is 324 g/mol. The van der Waals surface area contributed by atoms with E-state index in [1.807, 2.05) is 20.8 Å². The van der Waals surface area contributed by atoms with Crippen molar-refractivity contribution < 1.29 is 13.2 Å². The van der Waals surface area contributed by atoms with Crippen LogP contribution in [0.5, 0.6) is 0 Å². The number of sulfonamides is 1. The van der Waals surface area contributed by atoms with Crippen molar-refractivity contribution in [3.8, 4) is 0 Å². The number of amides is 1. The van der Waals surface area contributed by atoms with E-state index in [1.54, 1.807) is 32.0 Å². The molecule has 0 aliphatic carbocycles. The molecule has 1 N–H and O–H groups in total. The molecule has 0 heterocycles. The van der Waals surface area contributed by atoms with E-state index in [2.05, 4.69) is 5.32 Å². The van der Waals surface area contributed by atoms with Crippen molar-refractivity contribution >= 4 is 33.2 Å². The minimum Gasteiger partial charge on any atom is -0.350 e. The van der Waals surface area contributed by atoms with Gasteiger partial charge in [-0.15, -0.1) is 0 Å². The van der Waals surface area contributed by atoms with Crippen molar-refractivity contribution in [1.82, 2.24) is 5.32 Å². The van der Waals surface area contributed by atoms with E-state index in [1.165, 1.54) is 0 Å². The molecule has 0 aliphatic rings. The number of carbonyl (C=O) groups is 1. The van der Waals surface area contributed by atoms with Gasteiger partial charge in [-0.3, -0.25) is 9.10 Å². The Hall–Kier alpha value is -1.27. The third kappa shape index (κ3) is 4.88. The van der Waals surface area contributed by atoms with Crippen molar-refractivity contribution in [1.29, 1.82) is 0 Å². The summed E-state index contributed by atoms with van der Waals surface area (Å²) in [5.74, 6) is -0.364. The van der Waals surface area contributed by atoms with Gasteiger partial charge in [-0.05, 0) is 52.3 Å². The van der Waals surface area contributed by atoms with E-state index in [9.17, 15) is 13.2 Å². The first kappa shape index (κ1) is 18.8. The molecule has 124 valence electrons. The molecule has 0 fully saturated rings. The smallest absolute Gasteiger partial charge is 0.244 e. The predicted octanol–water partition coefficient (Wildman–Crippen LogP) is 2.72. The molecule has 0 aromatic heterocycles. The summed E-state index contributed by atoms with van der Waals surface area (Å²) in [6, 6.07) is 4.08. The fourth-order valence-corrected chi connectivity index (χ4v) is 3.47. The predicted molar refractivity (Wildman–Crippen MR) is 90.9 cm³/mol. The molecule has 0 radical (unpaired) electrons. The second kappa shape index (κ2) is 6.46. The lowest BCUT2D eigenvalue weighted by molar-refractivity contribution is -0.123. The zero-order valence-corrected chi connectivity index (χ0v) is 15.3. The van der Waals surface area contributed by atoms with E-state index in [-0.39, 0.29) is 5.91 Å². The van der Waals surface area contributed by atoms with Crippen LogP contribution in [0, 0.1) is 6.92 Å². The van der Waals surface area contributed by atoms with Crippen LogP contribution in [0.2, 0.25) is 5.02 Å². The van der Waals surface area contributed by atoms with Gasteiger partial charge in [0.2, 0.25) is 15.9 Å². The Bertz CT molecular complexity index is 666. The van der Waals surface area contributed by atoms with E-state index < -0.39 is 21.6 Å². The number of benzene rings is 1. The summed E-state index contributed by atoms with van der Waals surface area (Å²) in [5.41, 5.74) is 0.689. The number of hydrogen-bond donors (Lipinski definition) is 1. The van der Waals surface area contributed by atoms with E-state index in [0.29, 0.717) is 10.7 Å². The summed E-state index contributed by atoms with van der Waals surface area (Å²) in [5, 5.41) is 3.21. The molecule has 1 aromatic rings. The molecule has 5 nitrogen and oxygen atoms in total. The van der Waals surface area contributed by atoms with E-state index in [0.717, 1.165) is 16.1 Å². The Morgan fingerprint density at radius 1 is 1.32 bits per heavy atom. The van der Waals surface area contributed by atoms with E-state index >= 15 is 0 Å². The Balaban J connectivity index is 3.31. The molecule has 1 aromatic carbocycles. The molecule has 0 saturated heterocycles. The number of aryl methyl sites for hydroxylation is 1. The van der Waals surface area contributed by atoms with Crippen molar-refractivity contribution in [3.63, 3.8) is 0 Å². The van der Waals surface area contributed by atoms with Gasteiger partial charge in [-0.1, -0.05) is 17.7 Å². The van der Waals surface area contributed by atoms with Crippen LogP contribution < -0.4 is 9.62 Å². The summed E-state index contributed by atoms with van der Waals surface area (Å²) in [6.07, 6.45) is 1.08. The maximum absolute atomic E-state index is 12.4.